The van der Waals surface area contributed by atoms with Gasteiger partial charge in [-0.05, 0) is 20.3 Å². The topological polar surface area (TPSA) is 37.8 Å². The van der Waals surface area contributed by atoms with Crippen LogP contribution in [0.4, 0.5) is 0 Å². The number of H-pyrrole nitrogens is 1. The van der Waals surface area contributed by atoms with Crippen molar-refractivity contribution >= 4 is 0 Å². The first-order chi connectivity index (χ1) is 7.16. The fourth-order valence-electron chi connectivity index (χ4n) is 1.73. The standard InChI is InChI=1S/C12H22N2O/c1-4-5-6-7-8-9-14-12(15)10(2)11(3)13-14/h13H,4-9H2,1-3H3. The van der Waals surface area contributed by atoms with Crippen molar-refractivity contribution in [1.82, 2.24) is 9.78 Å². The van der Waals surface area contributed by atoms with Crippen molar-refractivity contribution in [3.8, 4) is 0 Å². The Morgan fingerprint density at radius 1 is 1.13 bits per heavy atom. The SMILES string of the molecule is CCCCCCCn1[nH]c(C)c(C)c1=O. The Morgan fingerprint density at radius 2 is 1.80 bits per heavy atom. The van der Waals surface area contributed by atoms with Gasteiger partial charge in [0.05, 0.1) is 0 Å². The van der Waals surface area contributed by atoms with Crippen LogP contribution in [0.25, 0.3) is 0 Å². The van der Waals surface area contributed by atoms with Crippen LogP contribution >= 0.6 is 0 Å². The zero-order valence-corrected chi connectivity index (χ0v) is 10.1. The second-order valence-electron chi connectivity index (χ2n) is 4.23. The van der Waals surface area contributed by atoms with E-state index in [0.717, 1.165) is 24.2 Å². The Labute approximate surface area is 91.5 Å². The van der Waals surface area contributed by atoms with Crippen LogP contribution in [0.2, 0.25) is 0 Å². The number of nitrogens with one attached hydrogen (secondary N) is 1. The highest BCUT2D eigenvalue weighted by Gasteiger charge is 2.04. The molecule has 0 amide bonds. The van der Waals surface area contributed by atoms with Gasteiger partial charge in [0.15, 0.2) is 0 Å². The summed E-state index contributed by atoms with van der Waals surface area (Å²) in [4.78, 5) is 11.6. The van der Waals surface area contributed by atoms with E-state index in [1.165, 1.54) is 25.7 Å². The van der Waals surface area contributed by atoms with Crippen molar-refractivity contribution in [2.24, 2.45) is 0 Å². The van der Waals surface area contributed by atoms with Crippen molar-refractivity contribution in [1.29, 1.82) is 0 Å². The van der Waals surface area contributed by atoms with Gasteiger partial charge in [-0.2, -0.15) is 0 Å². The molecule has 1 rings (SSSR count). The molecule has 0 aliphatic carbocycles. The van der Waals surface area contributed by atoms with Gasteiger partial charge in [0, 0.05) is 17.8 Å². The third-order valence-electron chi connectivity index (χ3n) is 2.92. The van der Waals surface area contributed by atoms with Gasteiger partial charge in [-0.1, -0.05) is 32.6 Å². The number of hydrogen-bond acceptors (Lipinski definition) is 1. The highest BCUT2D eigenvalue weighted by Crippen LogP contribution is 2.04. The third-order valence-corrected chi connectivity index (χ3v) is 2.92. The van der Waals surface area contributed by atoms with E-state index in [9.17, 15) is 4.79 Å². The molecule has 0 unspecified atom stereocenters. The first-order valence-corrected chi connectivity index (χ1v) is 5.92. The van der Waals surface area contributed by atoms with Crippen molar-refractivity contribution in [2.45, 2.75) is 59.4 Å². The first-order valence-electron chi connectivity index (χ1n) is 5.92. The summed E-state index contributed by atoms with van der Waals surface area (Å²) in [6.07, 6.45) is 6.17. The zero-order valence-electron chi connectivity index (χ0n) is 10.1. The Balaban J connectivity index is 2.38. The number of aromatic amines is 1. The molecule has 1 aromatic rings. The molecule has 15 heavy (non-hydrogen) atoms. The van der Waals surface area contributed by atoms with Crippen LogP contribution in [0.5, 0.6) is 0 Å². The maximum absolute atomic E-state index is 11.6. The van der Waals surface area contributed by atoms with Crippen molar-refractivity contribution in [3.05, 3.63) is 21.6 Å². The van der Waals surface area contributed by atoms with Crippen molar-refractivity contribution in [2.75, 3.05) is 0 Å². The maximum atomic E-state index is 11.6. The Kier molecular flexibility index (Phi) is 4.66. The number of aromatic nitrogens is 2. The lowest BCUT2D eigenvalue weighted by Crippen LogP contribution is -2.17. The smallest absolute Gasteiger partial charge is 0.269 e. The van der Waals surface area contributed by atoms with E-state index in [1.54, 1.807) is 4.68 Å². The van der Waals surface area contributed by atoms with Gasteiger partial charge in [-0.3, -0.25) is 14.6 Å². The second-order valence-corrected chi connectivity index (χ2v) is 4.23. The van der Waals surface area contributed by atoms with Gasteiger partial charge in [0.25, 0.3) is 5.56 Å². The minimum Gasteiger partial charge on any atom is -0.300 e. The molecule has 1 heterocycles. The van der Waals surface area contributed by atoms with Gasteiger partial charge in [-0.25, -0.2) is 0 Å². The number of hydrogen-bond donors (Lipinski definition) is 1. The molecule has 0 fully saturated rings. The molecule has 0 saturated carbocycles. The van der Waals surface area contributed by atoms with E-state index < -0.39 is 0 Å². The van der Waals surface area contributed by atoms with Crippen molar-refractivity contribution in [3.63, 3.8) is 0 Å². The van der Waals surface area contributed by atoms with Crippen LogP contribution in [-0.4, -0.2) is 9.78 Å². The summed E-state index contributed by atoms with van der Waals surface area (Å²) in [5.74, 6) is 0. The number of nitrogens with zero attached hydrogens (tertiary/aromatic N) is 1. The first kappa shape index (κ1) is 12.1. The molecule has 0 aromatic carbocycles. The normalized spacial score (nSPS) is 10.9. The average molecular weight is 210 g/mol. The number of unbranched alkanes of at least 4 members (excludes halogenated alkanes) is 4. The molecular formula is C12H22N2O. The molecule has 0 spiro atoms. The summed E-state index contributed by atoms with van der Waals surface area (Å²) in [6.45, 7) is 6.87. The molecular weight excluding hydrogens is 188 g/mol. The molecule has 0 atom stereocenters. The molecule has 0 radical (unpaired) electrons. The van der Waals surface area contributed by atoms with Crippen LogP contribution in [0.1, 0.15) is 50.3 Å². The van der Waals surface area contributed by atoms with Crippen LogP contribution in [0, 0.1) is 13.8 Å². The zero-order chi connectivity index (χ0) is 11.3. The summed E-state index contributed by atoms with van der Waals surface area (Å²) in [7, 11) is 0. The van der Waals surface area contributed by atoms with E-state index in [2.05, 4.69) is 12.0 Å². The molecule has 0 aliphatic heterocycles. The third kappa shape index (κ3) is 3.26. The molecule has 0 bridgehead atoms. The molecule has 86 valence electrons. The largest absolute Gasteiger partial charge is 0.300 e. The van der Waals surface area contributed by atoms with Gasteiger partial charge >= 0.3 is 0 Å². The predicted molar refractivity (Wildman–Crippen MR) is 63.3 cm³/mol. The predicted octanol–water partition coefficient (Wildman–Crippen LogP) is 2.76. The lowest BCUT2D eigenvalue weighted by Gasteiger charge is -2.01. The fraction of sp³-hybridized carbons (Fsp3) is 0.750. The van der Waals surface area contributed by atoms with Crippen molar-refractivity contribution < 1.29 is 0 Å². The van der Waals surface area contributed by atoms with Crippen LogP contribution in [-0.2, 0) is 6.54 Å². The van der Waals surface area contributed by atoms with Crippen LogP contribution in [0.3, 0.4) is 0 Å². The summed E-state index contributed by atoms with van der Waals surface area (Å²) in [5.41, 5.74) is 1.99. The quantitative estimate of drug-likeness (QED) is 0.720. The minimum atomic E-state index is 0.142. The monoisotopic (exact) mass is 210 g/mol. The van der Waals surface area contributed by atoms with Gasteiger partial charge < -0.3 is 0 Å². The van der Waals surface area contributed by atoms with Gasteiger partial charge in [-0.15, -0.1) is 0 Å². The van der Waals surface area contributed by atoms with E-state index >= 15 is 0 Å². The van der Waals surface area contributed by atoms with Crippen LogP contribution < -0.4 is 5.56 Å². The van der Waals surface area contributed by atoms with Crippen LogP contribution in [0.15, 0.2) is 4.79 Å². The average Bonchev–Trinajstić information content (AvgIpc) is 2.46. The van der Waals surface area contributed by atoms with E-state index in [4.69, 9.17) is 0 Å². The van der Waals surface area contributed by atoms with E-state index in [1.807, 2.05) is 13.8 Å². The minimum absolute atomic E-state index is 0.142. The highest BCUT2D eigenvalue weighted by atomic mass is 16.1. The Morgan fingerprint density at radius 3 is 2.33 bits per heavy atom. The molecule has 0 saturated heterocycles. The highest BCUT2D eigenvalue weighted by molar-refractivity contribution is 5.12. The Hall–Kier alpha value is -0.990. The summed E-state index contributed by atoms with van der Waals surface area (Å²) in [5, 5.41) is 3.11. The lowest BCUT2D eigenvalue weighted by atomic mass is 10.1. The molecule has 3 nitrogen and oxygen atoms in total. The molecule has 1 N–H and O–H groups in total. The van der Waals surface area contributed by atoms with E-state index in [0.29, 0.717) is 0 Å². The lowest BCUT2D eigenvalue weighted by molar-refractivity contribution is 0.521. The molecule has 0 aliphatic rings. The number of aryl methyl sites for hydroxylation is 2. The second kappa shape index (κ2) is 5.79. The Bertz CT molecular complexity index is 349. The van der Waals surface area contributed by atoms with Gasteiger partial charge in [0.1, 0.15) is 0 Å². The molecule has 1 aromatic heterocycles. The molecule has 3 heteroatoms. The van der Waals surface area contributed by atoms with Gasteiger partial charge in [0.2, 0.25) is 0 Å². The summed E-state index contributed by atoms with van der Waals surface area (Å²) >= 11 is 0. The number of rotatable bonds is 6. The summed E-state index contributed by atoms with van der Waals surface area (Å²) in [6, 6.07) is 0. The summed E-state index contributed by atoms with van der Waals surface area (Å²) < 4.78 is 1.73. The maximum Gasteiger partial charge on any atom is 0.269 e. The fourth-order valence-corrected chi connectivity index (χ4v) is 1.73. The van der Waals surface area contributed by atoms with E-state index in [-0.39, 0.29) is 5.56 Å².